The van der Waals surface area contributed by atoms with E-state index in [-0.39, 0.29) is 5.56 Å². The third-order valence-electron chi connectivity index (χ3n) is 2.53. The minimum atomic E-state index is -1.93. The van der Waals surface area contributed by atoms with Crippen molar-refractivity contribution in [2.24, 2.45) is 0 Å². The van der Waals surface area contributed by atoms with E-state index in [0.29, 0.717) is 0 Å². The minimum absolute atomic E-state index is 0.161. The summed E-state index contributed by atoms with van der Waals surface area (Å²) >= 11 is 0. The zero-order chi connectivity index (χ0) is 15.4. The highest BCUT2D eigenvalue weighted by molar-refractivity contribution is 5.92. The number of carboxylic acids is 1. The highest BCUT2D eigenvalue weighted by atomic mass is 16.6. The molecule has 1 aromatic rings. The van der Waals surface area contributed by atoms with Crippen LogP contribution in [-0.2, 0) is 9.53 Å². The molecule has 0 aromatic heterocycles. The largest absolute Gasteiger partial charge is 0.477 e. The molecule has 108 valence electrons. The highest BCUT2D eigenvalue weighted by Crippen LogP contribution is 2.25. The topological polar surface area (TPSA) is 147 Å². The lowest BCUT2D eigenvalue weighted by Crippen LogP contribution is -2.29. The molecule has 9 nitrogen and oxygen atoms in total. The number of carbonyl (C=O) groups excluding carboxylic acids is 1. The maximum atomic E-state index is 11.1. The summed E-state index contributed by atoms with van der Waals surface area (Å²) in [6.45, 7) is 0. The molecule has 0 aliphatic rings. The average molecular weight is 285 g/mol. The molecule has 0 aliphatic heterocycles. The lowest BCUT2D eigenvalue weighted by Gasteiger charge is -2.16. The van der Waals surface area contributed by atoms with E-state index in [1.807, 2.05) is 0 Å². The summed E-state index contributed by atoms with van der Waals surface area (Å²) in [7, 11) is 0.997. The number of rotatable bonds is 5. The van der Waals surface area contributed by atoms with E-state index in [0.717, 1.165) is 25.3 Å². The first kappa shape index (κ1) is 15.5. The Kier molecular flexibility index (Phi) is 4.73. The van der Waals surface area contributed by atoms with E-state index < -0.39 is 40.3 Å². The van der Waals surface area contributed by atoms with Gasteiger partial charge in [0.15, 0.2) is 6.10 Å². The Morgan fingerprint density at radius 3 is 2.40 bits per heavy atom. The van der Waals surface area contributed by atoms with Gasteiger partial charge in [0.05, 0.1) is 12.0 Å². The van der Waals surface area contributed by atoms with Crippen molar-refractivity contribution in [1.82, 2.24) is 0 Å². The number of aromatic carboxylic acids is 1. The fourth-order valence-corrected chi connectivity index (χ4v) is 1.50. The third kappa shape index (κ3) is 3.08. The number of aliphatic hydroxyl groups is 2. The third-order valence-corrected chi connectivity index (χ3v) is 2.53. The van der Waals surface area contributed by atoms with Gasteiger partial charge in [-0.2, -0.15) is 0 Å². The smallest absolute Gasteiger partial charge is 0.342 e. The van der Waals surface area contributed by atoms with E-state index in [2.05, 4.69) is 4.74 Å². The lowest BCUT2D eigenvalue weighted by molar-refractivity contribution is -0.385. The van der Waals surface area contributed by atoms with Crippen molar-refractivity contribution in [3.8, 4) is 0 Å². The quantitative estimate of drug-likeness (QED) is 0.384. The molecule has 3 N–H and O–H groups in total. The van der Waals surface area contributed by atoms with E-state index in [1.165, 1.54) is 0 Å². The number of hydrogen-bond acceptors (Lipinski definition) is 7. The molecule has 2 unspecified atom stereocenters. The summed E-state index contributed by atoms with van der Waals surface area (Å²) in [6.07, 6.45) is -3.69. The van der Waals surface area contributed by atoms with Crippen LogP contribution in [0.5, 0.6) is 0 Å². The molecule has 0 fully saturated rings. The van der Waals surface area contributed by atoms with Gasteiger partial charge in [-0.25, -0.2) is 9.59 Å². The van der Waals surface area contributed by atoms with Crippen molar-refractivity contribution >= 4 is 17.6 Å². The predicted molar refractivity (Wildman–Crippen MR) is 63.0 cm³/mol. The van der Waals surface area contributed by atoms with Crippen LogP contribution in [0.4, 0.5) is 5.69 Å². The van der Waals surface area contributed by atoms with Crippen molar-refractivity contribution in [2.75, 3.05) is 7.11 Å². The number of hydrogen-bond donors (Lipinski definition) is 3. The molecule has 0 radical (unpaired) electrons. The van der Waals surface area contributed by atoms with E-state index >= 15 is 0 Å². The summed E-state index contributed by atoms with van der Waals surface area (Å²) in [4.78, 5) is 31.7. The minimum Gasteiger partial charge on any atom is -0.477 e. The number of nitro groups is 1. The fraction of sp³-hybridized carbons (Fsp3) is 0.273. The van der Waals surface area contributed by atoms with Gasteiger partial charge in [-0.15, -0.1) is 0 Å². The SMILES string of the molecule is COC(=O)C(O)C(O)c1ccc([N+](=O)[O-])c(C(=O)O)c1. The second-order valence-corrected chi connectivity index (χ2v) is 3.75. The number of benzene rings is 1. The first-order chi connectivity index (χ1) is 9.29. The maximum Gasteiger partial charge on any atom is 0.342 e. The van der Waals surface area contributed by atoms with E-state index in [9.17, 15) is 29.9 Å². The van der Waals surface area contributed by atoms with Gasteiger partial charge in [0.1, 0.15) is 11.7 Å². The maximum absolute atomic E-state index is 11.1. The number of carbonyl (C=O) groups is 2. The van der Waals surface area contributed by atoms with Crippen molar-refractivity contribution in [3.05, 3.63) is 39.4 Å². The summed E-state index contributed by atoms with van der Waals surface area (Å²) in [5.74, 6) is -2.69. The molecule has 20 heavy (non-hydrogen) atoms. The molecule has 0 saturated heterocycles. The first-order valence-electron chi connectivity index (χ1n) is 5.25. The van der Waals surface area contributed by atoms with Crippen LogP contribution in [0.25, 0.3) is 0 Å². The molecule has 0 bridgehead atoms. The zero-order valence-electron chi connectivity index (χ0n) is 10.2. The monoisotopic (exact) mass is 285 g/mol. The van der Waals surface area contributed by atoms with Crippen LogP contribution in [0.15, 0.2) is 18.2 Å². The van der Waals surface area contributed by atoms with Crippen LogP contribution in [0.3, 0.4) is 0 Å². The molecule has 0 aliphatic carbocycles. The molecule has 2 atom stereocenters. The fourth-order valence-electron chi connectivity index (χ4n) is 1.50. The second kappa shape index (κ2) is 6.08. The molecule has 0 spiro atoms. The van der Waals surface area contributed by atoms with Crippen LogP contribution in [0, 0.1) is 10.1 Å². The number of carboxylic acid groups (broad SMARTS) is 1. The van der Waals surface area contributed by atoms with Gasteiger partial charge in [-0.3, -0.25) is 10.1 Å². The summed E-state index contributed by atoms with van der Waals surface area (Å²) in [5.41, 5.74) is -1.49. The first-order valence-corrected chi connectivity index (χ1v) is 5.25. The van der Waals surface area contributed by atoms with Crippen molar-refractivity contribution in [3.63, 3.8) is 0 Å². The Labute approximate surface area is 112 Å². The molecular formula is C11H11NO8. The van der Waals surface area contributed by atoms with Crippen molar-refractivity contribution in [1.29, 1.82) is 0 Å². The van der Waals surface area contributed by atoms with Gasteiger partial charge in [-0.05, 0) is 17.7 Å². The predicted octanol–water partition coefficient (Wildman–Crippen LogP) is -0.140. The molecule has 1 rings (SSSR count). The van der Waals surface area contributed by atoms with Gasteiger partial charge in [-0.1, -0.05) is 0 Å². The van der Waals surface area contributed by atoms with Crippen LogP contribution < -0.4 is 0 Å². The second-order valence-electron chi connectivity index (χ2n) is 3.75. The highest BCUT2D eigenvalue weighted by Gasteiger charge is 2.29. The number of methoxy groups -OCH3 is 1. The number of esters is 1. The Hall–Kier alpha value is -2.52. The van der Waals surface area contributed by atoms with Crippen LogP contribution in [0.1, 0.15) is 22.0 Å². The van der Waals surface area contributed by atoms with Gasteiger partial charge in [0.2, 0.25) is 0 Å². The van der Waals surface area contributed by atoms with Crippen molar-refractivity contribution < 1.29 is 34.6 Å². The Morgan fingerprint density at radius 2 is 1.95 bits per heavy atom. The van der Waals surface area contributed by atoms with Crippen molar-refractivity contribution in [2.45, 2.75) is 12.2 Å². The normalized spacial score (nSPS) is 13.3. The summed E-state index contributed by atoms with van der Waals surface area (Å²) in [5, 5.41) is 38.7. The van der Waals surface area contributed by atoms with Gasteiger partial charge in [0, 0.05) is 6.07 Å². The van der Waals surface area contributed by atoms with Crippen LogP contribution in [-0.4, -0.2) is 45.4 Å². The molecular weight excluding hydrogens is 274 g/mol. The Morgan fingerprint density at radius 1 is 1.35 bits per heavy atom. The number of nitro benzene ring substituents is 1. The standard InChI is InChI=1S/C11H11NO8/c1-20-11(17)9(14)8(13)5-2-3-7(12(18)19)6(4-5)10(15)16/h2-4,8-9,13-14H,1H3,(H,15,16). The molecule has 9 heteroatoms. The zero-order valence-corrected chi connectivity index (χ0v) is 10.2. The molecule has 0 amide bonds. The average Bonchev–Trinajstić information content (AvgIpc) is 2.43. The Balaban J connectivity index is 3.21. The Bertz CT molecular complexity index is 555. The van der Waals surface area contributed by atoms with Gasteiger partial charge in [0.25, 0.3) is 5.69 Å². The summed E-state index contributed by atoms with van der Waals surface area (Å²) < 4.78 is 4.22. The van der Waals surface area contributed by atoms with E-state index in [1.54, 1.807) is 0 Å². The molecule has 0 heterocycles. The lowest BCUT2D eigenvalue weighted by atomic mass is 10.0. The summed E-state index contributed by atoms with van der Waals surface area (Å²) in [6, 6.07) is 2.73. The van der Waals surface area contributed by atoms with Crippen LogP contribution >= 0.6 is 0 Å². The number of aliphatic hydroxyl groups excluding tert-OH is 2. The molecule has 0 saturated carbocycles. The number of ether oxygens (including phenoxy) is 1. The van der Waals surface area contributed by atoms with Crippen LogP contribution in [0.2, 0.25) is 0 Å². The van der Waals surface area contributed by atoms with Gasteiger partial charge < -0.3 is 20.1 Å². The molecule has 1 aromatic carbocycles. The van der Waals surface area contributed by atoms with E-state index in [4.69, 9.17) is 5.11 Å². The van der Waals surface area contributed by atoms with Gasteiger partial charge >= 0.3 is 11.9 Å². The number of nitrogens with zero attached hydrogens (tertiary/aromatic N) is 1.